The molecule has 1 amide bonds. The fraction of sp³-hybridized carbons (Fsp3) is 0.360. The molecule has 30 heavy (non-hydrogen) atoms. The number of rotatable bonds is 5. The molecule has 0 aromatic heterocycles. The molecule has 1 atom stereocenters. The highest BCUT2D eigenvalue weighted by atomic mass is 16.5. The van der Waals surface area contributed by atoms with Crippen LogP contribution in [0.5, 0.6) is 5.75 Å². The summed E-state index contributed by atoms with van der Waals surface area (Å²) in [7, 11) is 1.55. The molecule has 0 bridgehead atoms. The van der Waals surface area contributed by atoms with Gasteiger partial charge in [0.15, 0.2) is 0 Å². The molecule has 4 rings (SSSR count). The fourth-order valence-corrected chi connectivity index (χ4v) is 4.60. The minimum atomic E-state index is -0.619. The largest absolute Gasteiger partial charge is 0.507 e. The average Bonchev–Trinajstić information content (AvgIpc) is 3.40. The summed E-state index contributed by atoms with van der Waals surface area (Å²) in [5.41, 5.74) is 2.66. The van der Waals surface area contributed by atoms with Crippen molar-refractivity contribution in [1.29, 1.82) is 0 Å². The van der Waals surface area contributed by atoms with Crippen molar-refractivity contribution in [2.45, 2.75) is 51.1 Å². The van der Waals surface area contributed by atoms with E-state index in [-0.39, 0.29) is 17.4 Å². The number of aryl methyl sites for hydroxylation is 1. The molecule has 2 aromatic carbocycles. The lowest BCUT2D eigenvalue weighted by atomic mass is 9.93. The molecule has 156 valence electrons. The number of aliphatic hydroxyl groups excluding tert-OH is 1. The second kappa shape index (κ2) is 8.34. The van der Waals surface area contributed by atoms with Gasteiger partial charge in [0.05, 0.1) is 18.7 Å². The molecular weight excluding hydrogens is 378 g/mol. The maximum Gasteiger partial charge on any atom is 0.295 e. The van der Waals surface area contributed by atoms with Crippen molar-refractivity contribution in [3.05, 3.63) is 70.8 Å². The number of Topliss-reactive ketones (excluding diaryl/α,β-unsaturated/α-hetero) is 1. The van der Waals surface area contributed by atoms with Crippen molar-refractivity contribution in [3.63, 3.8) is 0 Å². The number of aliphatic hydroxyl groups is 1. The van der Waals surface area contributed by atoms with E-state index in [4.69, 9.17) is 4.74 Å². The van der Waals surface area contributed by atoms with Gasteiger partial charge in [0.25, 0.3) is 11.7 Å². The van der Waals surface area contributed by atoms with E-state index in [1.54, 1.807) is 36.3 Å². The summed E-state index contributed by atoms with van der Waals surface area (Å²) >= 11 is 0. The molecule has 1 saturated heterocycles. The summed E-state index contributed by atoms with van der Waals surface area (Å²) in [4.78, 5) is 27.9. The molecule has 5 heteroatoms. The topological polar surface area (TPSA) is 66.8 Å². The predicted molar refractivity (Wildman–Crippen MR) is 115 cm³/mol. The van der Waals surface area contributed by atoms with Crippen molar-refractivity contribution in [1.82, 2.24) is 4.90 Å². The second-order valence-electron chi connectivity index (χ2n) is 7.97. The van der Waals surface area contributed by atoms with Gasteiger partial charge in [-0.2, -0.15) is 0 Å². The zero-order valence-corrected chi connectivity index (χ0v) is 17.4. The van der Waals surface area contributed by atoms with Crippen LogP contribution in [0.1, 0.15) is 55.3 Å². The van der Waals surface area contributed by atoms with E-state index >= 15 is 0 Å². The zero-order chi connectivity index (χ0) is 21.3. The lowest BCUT2D eigenvalue weighted by Crippen LogP contribution is -2.37. The minimum Gasteiger partial charge on any atom is -0.507 e. The lowest BCUT2D eigenvalue weighted by Gasteiger charge is -2.30. The first-order valence-corrected chi connectivity index (χ1v) is 10.6. The zero-order valence-electron chi connectivity index (χ0n) is 17.4. The van der Waals surface area contributed by atoms with Crippen LogP contribution in [0, 0.1) is 0 Å². The molecule has 1 unspecified atom stereocenters. The monoisotopic (exact) mass is 405 g/mol. The standard InChI is InChI=1S/C25H27NO4/c1-3-16-11-13-17(14-12-16)22-21(23(27)18-7-6-10-20(15-18)30-2)24(28)25(29)26(22)19-8-4-5-9-19/h6-7,10-15,19,22,27H,3-5,8-9H2,1-2H3/b23-21-. The van der Waals surface area contributed by atoms with Crippen LogP contribution < -0.4 is 4.74 Å². The van der Waals surface area contributed by atoms with Crippen molar-refractivity contribution in [2.75, 3.05) is 7.11 Å². The number of nitrogens with zero attached hydrogens (tertiary/aromatic N) is 1. The maximum atomic E-state index is 13.1. The molecule has 2 aliphatic rings. The Kier molecular flexibility index (Phi) is 5.62. The van der Waals surface area contributed by atoms with Crippen LogP contribution in [0.4, 0.5) is 0 Å². The van der Waals surface area contributed by atoms with Crippen LogP contribution in [-0.4, -0.2) is 34.8 Å². The molecule has 2 aromatic rings. The quantitative estimate of drug-likeness (QED) is 0.448. The third kappa shape index (κ3) is 3.49. The summed E-state index contributed by atoms with van der Waals surface area (Å²) in [5.74, 6) is -0.715. The van der Waals surface area contributed by atoms with Crippen molar-refractivity contribution < 1.29 is 19.4 Å². The Morgan fingerprint density at radius 2 is 1.80 bits per heavy atom. The van der Waals surface area contributed by atoms with Gasteiger partial charge in [-0.05, 0) is 42.5 Å². The molecule has 0 radical (unpaired) electrons. The number of ketones is 1. The normalized spacial score (nSPS) is 21.4. The highest BCUT2D eigenvalue weighted by molar-refractivity contribution is 6.46. The highest BCUT2D eigenvalue weighted by Gasteiger charge is 2.49. The molecule has 0 spiro atoms. The van der Waals surface area contributed by atoms with Gasteiger partial charge in [-0.3, -0.25) is 9.59 Å². The van der Waals surface area contributed by atoms with Gasteiger partial charge < -0.3 is 14.7 Å². The van der Waals surface area contributed by atoms with Gasteiger partial charge in [-0.15, -0.1) is 0 Å². The summed E-state index contributed by atoms with van der Waals surface area (Å²) < 4.78 is 5.26. The molecule has 1 N–H and O–H groups in total. The van der Waals surface area contributed by atoms with Gasteiger partial charge in [0.1, 0.15) is 11.5 Å². The minimum absolute atomic E-state index is 0.0212. The number of hydrogen-bond acceptors (Lipinski definition) is 4. The number of carbonyl (C=O) groups is 2. The fourth-order valence-electron chi connectivity index (χ4n) is 4.60. The first-order chi connectivity index (χ1) is 14.5. The van der Waals surface area contributed by atoms with Gasteiger partial charge in [-0.25, -0.2) is 0 Å². The second-order valence-corrected chi connectivity index (χ2v) is 7.97. The summed E-state index contributed by atoms with van der Waals surface area (Å²) in [6, 6.07) is 14.4. The van der Waals surface area contributed by atoms with E-state index in [1.165, 1.54) is 5.56 Å². The number of ether oxygens (including phenoxy) is 1. The van der Waals surface area contributed by atoms with E-state index in [0.29, 0.717) is 11.3 Å². The van der Waals surface area contributed by atoms with Crippen LogP contribution >= 0.6 is 0 Å². The smallest absolute Gasteiger partial charge is 0.295 e. The number of likely N-dealkylation sites (tertiary alicyclic amines) is 1. The van der Waals surface area contributed by atoms with Gasteiger partial charge in [0, 0.05) is 11.6 Å². The average molecular weight is 405 g/mol. The molecular formula is C25H27NO4. The third-order valence-corrected chi connectivity index (χ3v) is 6.25. The van der Waals surface area contributed by atoms with E-state index in [9.17, 15) is 14.7 Å². The van der Waals surface area contributed by atoms with Crippen LogP contribution in [0.25, 0.3) is 5.76 Å². The number of methoxy groups -OCH3 is 1. The maximum absolute atomic E-state index is 13.1. The highest BCUT2D eigenvalue weighted by Crippen LogP contribution is 2.43. The van der Waals surface area contributed by atoms with Crippen LogP contribution in [0.2, 0.25) is 0 Å². The summed E-state index contributed by atoms with van der Waals surface area (Å²) in [6.07, 6.45) is 4.77. The van der Waals surface area contributed by atoms with Crippen LogP contribution in [-0.2, 0) is 16.0 Å². The molecule has 1 heterocycles. The molecule has 5 nitrogen and oxygen atoms in total. The Hall–Kier alpha value is -3.08. The Bertz CT molecular complexity index is 986. The predicted octanol–water partition coefficient (Wildman–Crippen LogP) is 4.62. The number of hydrogen-bond donors (Lipinski definition) is 1. The van der Waals surface area contributed by atoms with Gasteiger partial charge in [0.2, 0.25) is 0 Å². The van der Waals surface area contributed by atoms with Crippen LogP contribution in [0.15, 0.2) is 54.1 Å². The van der Waals surface area contributed by atoms with Crippen molar-refractivity contribution >= 4 is 17.4 Å². The third-order valence-electron chi connectivity index (χ3n) is 6.25. The van der Waals surface area contributed by atoms with Crippen molar-refractivity contribution in [3.8, 4) is 5.75 Å². The summed E-state index contributed by atoms with van der Waals surface area (Å²) in [6.45, 7) is 2.09. The Morgan fingerprint density at radius 3 is 2.43 bits per heavy atom. The molecule has 1 aliphatic heterocycles. The lowest BCUT2D eigenvalue weighted by molar-refractivity contribution is -0.141. The number of benzene rings is 2. The first kappa shape index (κ1) is 20.2. The molecule has 2 fully saturated rings. The van der Waals surface area contributed by atoms with Crippen molar-refractivity contribution in [2.24, 2.45) is 0 Å². The summed E-state index contributed by atoms with van der Waals surface area (Å²) in [5, 5.41) is 11.1. The number of carbonyl (C=O) groups excluding carboxylic acids is 2. The number of amides is 1. The Morgan fingerprint density at radius 1 is 1.10 bits per heavy atom. The first-order valence-electron chi connectivity index (χ1n) is 10.6. The molecule has 1 saturated carbocycles. The van der Waals surface area contributed by atoms with E-state index in [2.05, 4.69) is 6.92 Å². The van der Waals surface area contributed by atoms with Gasteiger partial charge >= 0.3 is 0 Å². The van der Waals surface area contributed by atoms with Gasteiger partial charge in [-0.1, -0.05) is 56.2 Å². The van der Waals surface area contributed by atoms with E-state index < -0.39 is 17.7 Å². The SMILES string of the molecule is CCc1ccc(C2/C(=C(/O)c3cccc(OC)c3)C(=O)C(=O)N2C2CCCC2)cc1. The Labute approximate surface area is 177 Å². The van der Waals surface area contributed by atoms with Crippen LogP contribution in [0.3, 0.4) is 0 Å². The van der Waals surface area contributed by atoms with E-state index in [0.717, 1.165) is 37.7 Å². The molecule has 1 aliphatic carbocycles. The van der Waals surface area contributed by atoms with E-state index in [1.807, 2.05) is 24.3 Å². The Balaban J connectivity index is 1.87.